The number of aryl methyl sites for hydroxylation is 1. The Balaban J connectivity index is 1.80. The second-order valence-corrected chi connectivity index (χ2v) is 12.4. The molecular formula is C32H31Cl2N3O4S. The van der Waals surface area contributed by atoms with Gasteiger partial charge in [0.2, 0.25) is 11.8 Å². The highest BCUT2D eigenvalue weighted by Crippen LogP contribution is 2.28. The zero-order valence-electron chi connectivity index (χ0n) is 23.2. The number of carbonyl (C=O) groups excluding carboxylic acids is 2. The molecule has 0 heterocycles. The van der Waals surface area contributed by atoms with E-state index in [0.717, 1.165) is 15.4 Å². The molecule has 0 aliphatic rings. The Labute approximate surface area is 256 Å². The summed E-state index contributed by atoms with van der Waals surface area (Å²) < 4.78 is 29.0. The number of benzene rings is 4. The van der Waals surface area contributed by atoms with Crippen LogP contribution in [0.2, 0.25) is 10.0 Å². The molecule has 0 aliphatic carbocycles. The molecule has 0 saturated carbocycles. The molecule has 0 bridgehead atoms. The number of sulfonamides is 1. The maximum atomic E-state index is 14.3. The molecule has 0 saturated heterocycles. The van der Waals surface area contributed by atoms with Gasteiger partial charge in [0.05, 0.1) is 10.6 Å². The van der Waals surface area contributed by atoms with Gasteiger partial charge in [-0.25, -0.2) is 8.42 Å². The zero-order valence-corrected chi connectivity index (χ0v) is 25.5. The third-order valence-corrected chi connectivity index (χ3v) is 9.19. The number of amides is 2. The molecule has 1 N–H and O–H groups in total. The van der Waals surface area contributed by atoms with Gasteiger partial charge in [0.1, 0.15) is 12.6 Å². The fourth-order valence-corrected chi connectivity index (χ4v) is 6.31. The summed E-state index contributed by atoms with van der Waals surface area (Å²) in [4.78, 5) is 29.0. The molecule has 0 fully saturated rings. The Morgan fingerprint density at radius 2 is 1.52 bits per heavy atom. The molecule has 0 spiro atoms. The highest BCUT2D eigenvalue weighted by atomic mass is 35.5. The first-order chi connectivity index (χ1) is 20.1. The Morgan fingerprint density at radius 3 is 2.17 bits per heavy atom. The lowest BCUT2D eigenvalue weighted by Crippen LogP contribution is -2.53. The van der Waals surface area contributed by atoms with E-state index in [1.165, 1.54) is 30.1 Å². The van der Waals surface area contributed by atoms with Crippen LogP contribution >= 0.6 is 23.2 Å². The Kier molecular flexibility index (Phi) is 10.3. The van der Waals surface area contributed by atoms with Crippen molar-refractivity contribution in [2.75, 3.05) is 17.9 Å². The second kappa shape index (κ2) is 13.9. The van der Waals surface area contributed by atoms with E-state index in [1.807, 2.05) is 37.3 Å². The van der Waals surface area contributed by atoms with Crippen molar-refractivity contribution in [1.82, 2.24) is 10.2 Å². The fraction of sp³-hybridized carbons (Fsp3) is 0.188. The van der Waals surface area contributed by atoms with Gasteiger partial charge in [0, 0.05) is 30.1 Å². The lowest BCUT2D eigenvalue weighted by atomic mass is 10.0. The van der Waals surface area contributed by atoms with Crippen LogP contribution in [-0.4, -0.2) is 44.8 Å². The molecular weight excluding hydrogens is 593 g/mol. The summed E-state index contributed by atoms with van der Waals surface area (Å²) in [6.07, 6.45) is 0.207. The molecule has 42 heavy (non-hydrogen) atoms. The van der Waals surface area contributed by atoms with Crippen LogP contribution in [-0.2, 0) is 32.6 Å². The van der Waals surface area contributed by atoms with Gasteiger partial charge in [0.25, 0.3) is 10.0 Å². The smallest absolute Gasteiger partial charge is 0.264 e. The third-order valence-electron chi connectivity index (χ3n) is 6.80. The quantitative estimate of drug-likeness (QED) is 0.226. The van der Waals surface area contributed by atoms with Crippen molar-refractivity contribution < 1.29 is 18.0 Å². The zero-order chi connectivity index (χ0) is 30.3. The van der Waals surface area contributed by atoms with Crippen LogP contribution in [0.1, 0.15) is 16.7 Å². The third kappa shape index (κ3) is 7.50. The Morgan fingerprint density at radius 1 is 0.857 bits per heavy atom. The number of anilines is 1. The first-order valence-electron chi connectivity index (χ1n) is 13.2. The number of likely N-dealkylation sites (N-methyl/N-ethyl adjacent to an activating group) is 1. The number of rotatable bonds is 11. The topological polar surface area (TPSA) is 86.8 Å². The van der Waals surface area contributed by atoms with Gasteiger partial charge < -0.3 is 10.2 Å². The summed E-state index contributed by atoms with van der Waals surface area (Å²) in [7, 11) is -2.71. The van der Waals surface area contributed by atoms with E-state index < -0.39 is 34.4 Å². The van der Waals surface area contributed by atoms with E-state index in [1.54, 1.807) is 54.6 Å². The molecule has 0 radical (unpaired) electrons. The molecule has 10 heteroatoms. The Bertz CT molecular complexity index is 1650. The summed E-state index contributed by atoms with van der Waals surface area (Å²) in [5.41, 5.74) is 2.56. The van der Waals surface area contributed by atoms with Crippen LogP contribution in [0.5, 0.6) is 0 Å². The highest BCUT2D eigenvalue weighted by Gasteiger charge is 2.34. The first-order valence-corrected chi connectivity index (χ1v) is 15.4. The minimum absolute atomic E-state index is 0.0165. The van der Waals surface area contributed by atoms with E-state index in [4.69, 9.17) is 23.2 Å². The van der Waals surface area contributed by atoms with Crippen molar-refractivity contribution >= 4 is 50.7 Å². The maximum Gasteiger partial charge on any atom is 0.264 e. The minimum Gasteiger partial charge on any atom is -0.357 e. The lowest BCUT2D eigenvalue weighted by molar-refractivity contribution is -0.139. The number of hydrogen-bond donors (Lipinski definition) is 1. The molecule has 7 nitrogen and oxygen atoms in total. The molecule has 218 valence electrons. The van der Waals surface area contributed by atoms with Crippen molar-refractivity contribution in [2.24, 2.45) is 0 Å². The van der Waals surface area contributed by atoms with Gasteiger partial charge in [-0.3, -0.25) is 13.9 Å². The number of hydrogen-bond acceptors (Lipinski definition) is 4. The SMILES string of the molecule is CNC(=O)C(Cc1ccccc1)N(Cc1ccccc1Cl)C(=O)CN(c1cccc(Cl)c1)S(=O)(=O)c1ccc(C)cc1. The van der Waals surface area contributed by atoms with Crippen molar-refractivity contribution in [2.45, 2.75) is 30.8 Å². The summed E-state index contributed by atoms with van der Waals surface area (Å²) >= 11 is 12.7. The highest BCUT2D eigenvalue weighted by molar-refractivity contribution is 7.92. The molecule has 0 aromatic heterocycles. The molecule has 4 aromatic carbocycles. The average Bonchev–Trinajstić information content (AvgIpc) is 2.98. The largest absolute Gasteiger partial charge is 0.357 e. The molecule has 4 rings (SSSR count). The first kappa shape index (κ1) is 31.1. The van der Waals surface area contributed by atoms with Crippen molar-refractivity contribution in [3.8, 4) is 0 Å². The average molecular weight is 625 g/mol. The second-order valence-electron chi connectivity index (χ2n) is 9.74. The molecule has 2 amide bonds. The minimum atomic E-state index is -4.21. The molecule has 1 atom stereocenters. The Hall–Kier alpha value is -3.85. The van der Waals surface area contributed by atoms with Gasteiger partial charge in [-0.05, 0) is 54.4 Å². The van der Waals surface area contributed by atoms with Crippen LogP contribution in [0.15, 0.2) is 108 Å². The molecule has 1 unspecified atom stereocenters. The number of carbonyl (C=O) groups is 2. The van der Waals surface area contributed by atoms with Gasteiger partial charge in [-0.2, -0.15) is 0 Å². The normalized spacial score (nSPS) is 11.9. The predicted molar refractivity (Wildman–Crippen MR) is 167 cm³/mol. The number of nitrogens with zero attached hydrogens (tertiary/aromatic N) is 2. The van der Waals surface area contributed by atoms with Crippen molar-refractivity contribution in [3.63, 3.8) is 0 Å². The van der Waals surface area contributed by atoms with E-state index in [9.17, 15) is 18.0 Å². The van der Waals surface area contributed by atoms with Crippen molar-refractivity contribution in [3.05, 3.63) is 130 Å². The van der Waals surface area contributed by atoms with Gasteiger partial charge in [-0.15, -0.1) is 0 Å². The van der Waals surface area contributed by atoms with Gasteiger partial charge >= 0.3 is 0 Å². The van der Waals surface area contributed by atoms with Crippen LogP contribution in [0.25, 0.3) is 0 Å². The van der Waals surface area contributed by atoms with E-state index >= 15 is 0 Å². The lowest BCUT2D eigenvalue weighted by Gasteiger charge is -2.33. The molecule has 4 aromatic rings. The maximum absolute atomic E-state index is 14.3. The van der Waals surface area contributed by atoms with E-state index in [-0.39, 0.29) is 23.5 Å². The molecule has 0 aliphatic heterocycles. The summed E-state index contributed by atoms with van der Waals surface area (Å²) in [6.45, 7) is 1.26. The summed E-state index contributed by atoms with van der Waals surface area (Å²) in [6, 6.07) is 28.0. The van der Waals surface area contributed by atoms with Crippen molar-refractivity contribution in [1.29, 1.82) is 0 Å². The van der Waals surface area contributed by atoms with E-state index in [0.29, 0.717) is 15.6 Å². The fourth-order valence-electron chi connectivity index (χ4n) is 4.53. The number of halogens is 2. The van der Waals surface area contributed by atoms with Gasteiger partial charge in [0.15, 0.2) is 0 Å². The standard InChI is InChI=1S/C32H31Cl2N3O4S/c1-23-15-17-28(18-16-23)42(40,41)37(27-13-8-12-26(33)20-27)22-31(38)36(21-25-11-6-7-14-29(25)34)30(32(39)35-2)19-24-9-4-3-5-10-24/h3-18,20,30H,19,21-22H2,1-2H3,(H,35,39). The van der Waals surface area contributed by atoms with Crippen LogP contribution in [0.3, 0.4) is 0 Å². The van der Waals surface area contributed by atoms with Crippen LogP contribution in [0.4, 0.5) is 5.69 Å². The van der Waals surface area contributed by atoms with Gasteiger partial charge in [-0.1, -0.05) is 95.5 Å². The predicted octanol–water partition coefficient (Wildman–Crippen LogP) is 5.88. The number of nitrogens with one attached hydrogen (secondary N) is 1. The van der Waals surface area contributed by atoms with Crippen LogP contribution in [0, 0.1) is 6.92 Å². The summed E-state index contributed by atoms with van der Waals surface area (Å²) in [5.74, 6) is -0.981. The summed E-state index contributed by atoms with van der Waals surface area (Å²) in [5, 5.41) is 3.39. The van der Waals surface area contributed by atoms with Crippen LogP contribution < -0.4 is 9.62 Å². The monoisotopic (exact) mass is 623 g/mol. The van der Waals surface area contributed by atoms with E-state index in [2.05, 4.69) is 5.32 Å².